The van der Waals surface area contributed by atoms with E-state index >= 15 is 0 Å². The average molecular weight is 318 g/mol. The van der Waals surface area contributed by atoms with Crippen LogP contribution in [0.5, 0.6) is 0 Å². The van der Waals surface area contributed by atoms with E-state index in [4.69, 9.17) is 10.5 Å². The summed E-state index contributed by atoms with van der Waals surface area (Å²) >= 11 is 1.08. The first-order valence-corrected chi connectivity index (χ1v) is 9.00. The van der Waals surface area contributed by atoms with Crippen molar-refractivity contribution < 1.29 is 17.9 Å². The second kappa shape index (κ2) is 5.71. The second-order valence-electron chi connectivity index (χ2n) is 4.85. The molecule has 1 unspecified atom stereocenters. The summed E-state index contributed by atoms with van der Waals surface area (Å²) < 4.78 is 29.2. The zero-order chi connectivity index (χ0) is 14.9. The van der Waals surface area contributed by atoms with Gasteiger partial charge in [0.2, 0.25) is 0 Å². The van der Waals surface area contributed by atoms with Crippen LogP contribution in [0.3, 0.4) is 0 Å². The lowest BCUT2D eigenvalue weighted by Gasteiger charge is -2.11. The Hall–Kier alpha value is -1.12. The molecule has 0 saturated carbocycles. The first kappa shape index (κ1) is 15.3. The van der Waals surface area contributed by atoms with Crippen LogP contribution in [0.15, 0.2) is 4.90 Å². The van der Waals surface area contributed by atoms with Gasteiger partial charge in [0.15, 0.2) is 15.6 Å². The largest absolute Gasteiger partial charge is 0.396 e. The number of hydrogen-bond acceptors (Lipinski definition) is 7. The molecule has 0 radical (unpaired) electrons. The third-order valence-electron chi connectivity index (χ3n) is 3.10. The monoisotopic (exact) mass is 318 g/mol. The van der Waals surface area contributed by atoms with Crippen LogP contribution < -0.4 is 11.1 Å². The lowest BCUT2D eigenvalue weighted by atomic mass is 10.2. The Morgan fingerprint density at radius 1 is 1.55 bits per heavy atom. The summed E-state index contributed by atoms with van der Waals surface area (Å²) in [4.78, 5) is 11.8. The van der Waals surface area contributed by atoms with E-state index in [0.29, 0.717) is 11.5 Å². The molecule has 1 aromatic rings. The molecule has 1 aromatic heterocycles. The predicted octanol–water partition coefficient (Wildman–Crippen LogP) is 1.53. The van der Waals surface area contributed by atoms with Gasteiger partial charge in [-0.25, -0.2) is 8.42 Å². The van der Waals surface area contributed by atoms with Crippen LogP contribution in [-0.2, 0) is 14.6 Å². The van der Waals surface area contributed by atoms with Crippen molar-refractivity contribution >= 4 is 37.6 Å². The highest BCUT2D eigenvalue weighted by Gasteiger charge is 2.26. The van der Waals surface area contributed by atoms with Gasteiger partial charge in [0.05, 0.1) is 16.7 Å². The van der Waals surface area contributed by atoms with E-state index in [2.05, 4.69) is 5.32 Å². The van der Waals surface area contributed by atoms with Crippen LogP contribution >= 0.6 is 11.3 Å². The molecular weight excluding hydrogens is 300 g/mol. The number of anilines is 2. The summed E-state index contributed by atoms with van der Waals surface area (Å²) in [7, 11) is -3.49. The molecule has 0 amide bonds. The van der Waals surface area contributed by atoms with Gasteiger partial charge in [-0.3, -0.25) is 4.79 Å². The minimum absolute atomic E-state index is 0.0192. The number of carbonyl (C=O) groups is 1. The number of nitrogens with two attached hydrogens (primary N) is 1. The van der Waals surface area contributed by atoms with Gasteiger partial charge in [-0.05, 0) is 12.8 Å². The van der Waals surface area contributed by atoms with Gasteiger partial charge in [0.25, 0.3) is 0 Å². The van der Waals surface area contributed by atoms with E-state index in [9.17, 15) is 13.2 Å². The molecule has 1 saturated heterocycles. The lowest BCUT2D eigenvalue weighted by molar-refractivity contribution is 0.102. The maximum absolute atomic E-state index is 11.9. The molecule has 0 spiro atoms. The van der Waals surface area contributed by atoms with E-state index in [1.54, 1.807) is 0 Å². The van der Waals surface area contributed by atoms with Crippen molar-refractivity contribution in [1.29, 1.82) is 0 Å². The average Bonchev–Trinajstić information content (AvgIpc) is 2.92. The number of thiophene rings is 1. The highest BCUT2D eigenvalue weighted by molar-refractivity contribution is 7.91. The Kier molecular flexibility index (Phi) is 4.36. The summed E-state index contributed by atoms with van der Waals surface area (Å²) in [6, 6.07) is 0. The molecule has 3 N–H and O–H groups in total. The Bertz CT molecular complexity index is 616. The standard InChI is InChI=1S/C12H18N2O4S2/c1-7(15)10-9(13)11(20(2,16)17)12(19-10)14-6-8-4-3-5-18-8/h8,14H,3-6,13H2,1-2H3. The van der Waals surface area contributed by atoms with Crippen molar-refractivity contribution in [3.63, 3.8) is 0 Å². The van der Waals surface area contributed by atoms with Crippen LogP contribution in [0.4, 0.5) is 10.7 Å². The third-order valence-corrected chi connectivity index (χ3v) is 5.66. The molecule has 112 valence electrons. The molecule has 1 aliphatic heterocycles. The summed E-state index contributed by atoms with van der Waals surface area (Å²) in [6.45, 7) is 2.62. The molecule has 1 atom stereocenters. The Morgan fingerprint density at radius 2 is 2.25 bits per heavy atom. The molecule has 6 nitrogen and oxygen atoms in total. The van der Waals surface area contributed by atoms with Crippen molar-refractivity contribution in [3.05, 3.63) is 4.88 Å². The molecular formula is C12H18N2O4S2. The second-order valence-corrected chi connectivity index (χ2v) is 7.82. The summed E-state index contributed by atoms with van der Waals surface area (Å²) in [6.07, 6.45) is 3.12. The lowest BCUT2D eigenvalue weighted by Crippen LogP contribution is -2.18. The van der Waals surface area contributed by atoms with E-state index in [1.165, 1.54) is 6.92 Å². The summed E-state index contributed by atoms with van der Waals surface area (Å²) in [5.41, 5.74) is 5.86. The molecule has 2 heterocycles. The quantitative estimate of drug-likeness (QED) is 0.799. The van der Waals surface area contributed by atoms with Gasteiger partial charge >= 0.3 is 0 Å². The number of nitrogens with one attached hydrogen (secondary N) is 1. The van der Waals surface area contributed by atoms with Gasteiger partial charge in [0, 0.05) is 26.3 Å². The molecule has 1 fully saturated rings. The van der Waals surface area contributed by atoms with Gasteiger partial charge in [-0.1, -0.05) is 0 Å². The maximum atomic E-state index is 11.9. The fourth-order valence-corrected chi connectivity index (χ4v) is 4.66. The van der Waals surface area contributed by atoms with Crippen LogP contribution in [0.25, 0.3) is 0 Å². The number of ketones is 1. The van der Waals surface area contributed by atoms with Gasteiger partial charge in [-0.2, -0.15) is 0 Å². The van der Waals surface area contributed by atoms with E-state index in [-0.39, 0.29) is 27.3 Å². The predicted molar refractivity (Wildman–Crippen MR) is 79.3 cm³/mol. The van der Waals surface area contributed by atoms with Crippen molar-refractivity contribution in [2.75, 3.05) is 30.5 Å². The topological polar surface area (TPSA) is 98.5 Å². The van der Waals surface area contributed by atoms with Crippen molar-refractivity contribution in [2.45, 2.75) is 30.8 Å². The molecule has 0 bridgehead atoms. The van der Waals surface area contributed by atoms with Gasteiger partial charge in [0.1, 0.15) is 9.90 Å². The molecule has 0 aliphatic carbocycles. The van der Waals surface area contributed by atoms with Crippen LogP contribution in [-0.4, -0.2) is 39.7 Å². The Morgan fingerprint density at radius 3 is 2.75 bits per heavy atom. The first-order valence-electron chi connectivity index (χ1n) is 6.29. The number of sulfone groups is 1. The highest BCUT2D eigenvalue weighted by Crippen LogP contribution is 2.39. The smallest absolute Gasteiger partial charge is 0.180 e. The normalized spacial score (nSPS) is 19.2. The fourth-order valence-electron chi connectivity index (χ4n) is 2.19. The number of carbonyl (C=O) groups excluding carboxylic acids is 1. The zero-order valence-corrected chi connectivity index (χ0v) is 13.1. The Labute approximate surface area is 122 Å². The van der Waals surface area contributed by atoms with Crippen molar-refractivity contribution in [1.82, 2.24) is 0 Å². The van der Waals surface area contributed by atoms with Crippen LogP contribution in [0.1, 0.15) is 29.4 Å². The van der Waals surface area contributed by atoms with E-state index in [0.717, 1.165) is 37.0 Å². The molecule has 20 heavy (non-hydrogen) atoms. The maximum Gasteiger partial charge on any atom is 0.180 e. The van der Waals surface area contributed by atoms with Crippen LogP contribution in [0.2, 0.25) is 0 Å². The molecule has 0 aromatic carbocycles. The van der Waals surface area contributed by atoms with E-state index < -0.39 is 9.84 Å². The van der Waals surface area contributed by atoms with Crippen molar-refractivity contribution in [2.24, 2.45) is 0 Å². The number of ether oxygens (including phenoxy) is 1. The van der Waals surface area contributed by atoms with E-state index in [1.807, 2.05) is 0 Å². The minimum atomic E-state index is -3.49. The fraction of sp³-hybridized carbons (Fsp3) is 0.583. The number of nitrogen functional groups attached to an aromatic ring is 1. The number of hydrogen-bond donors (Lipinski definition) is 2. The van der Waals surface area contributed by atoms with Crippen LogP contribution in [0, 0.1) is 0 Å². The molecule has 8 heteroatoms. The highest BCUT2D eigenvalue weighted by atomic mass is 32.2. The number of rotatable bonds is 5. The Balaban J connectivity index is 2.30. The van der Waals surface area contributed by atoms with Gasteiger partial charge in [-0.15, -0.1) is 11.3 Å². The number of Topliss-reactive ketones (excluding diaryl/α,β-unsaturated/α-hetero) is 1. The zero-order valence-electron chi connectivity index (χ0n) is 11.4. The van der Waals surface area contributed by atoms with Crippen molar-refractivity contribution in [3.8, 4) is 0 Å². The third kappa shape index (κ3) is 3.13. The summed E-state index contributed by atoms with van der Waals surface area (Å²) in [5.74, 6) is -0.234. The SMILES string of the molecule is CC(=O)c1sc(NCC2CCCO2)c(S(C)(=O)=O)c1N. The first-order chi connectivity index (χ1) is 9.30. The van der Waals surface area contributed by atoms with Gasteiger partial charge < -0.3 is 15.8 Å². The molecule has 2 rings (SSSR count). The summed E-state index contributed by atoms with van der Waals surface area (Å²) in [5, 5.41) is 3.48. The minimum Gasteiger partial charge on any atom is -0.396 e. The molecule has 1 aliphatic rings.